The van der Waals surface area contributed by atoms with Crippen molar-refractivity contribution < 1.29 is 14.6 Å². The van der Waals surface area contributed by atoms with Crippen molar-refractivity contribution in [2.24, 2.45) is 11.8 Å². The standard InChI is InChI=1S/C38H48ClN3O3/c1-25(24-45-34-13-18-40-33-10-5-7-26(2)35(33)34)19-29-21-28-12-11-27(23-42(3)4)20-32(28)37(29)14-16-38(17-15-37,36(43)44)41-31-9-6-8-30(39)22-31/h6,8-9,11-13,18,20,22,25-26,29,41H,5,7,10,14-17,19,21,23-24H2,1-4H3,(H,43,44)/t25-,26-,29?,37?,38?/m1/s1. The second-order valence-corrected chi connectivity index (χ2v) is 14.9. The second-order valence-electron chi connectivity index (χ2n) is 14.4. The highest BCUT2D eigenvalue weighted by atomic mass is 35.5. The Labute approximate surface area is 273 Å². The number of hydrogen-bond acceptors (Lipinski definition) is 5. The van der Waals surface area contributed by atoms with Crippen LogP contribution in [-0.2, 0) is 29.6 Å². The molecule has 0 bridgehead atoms. The molecule has 2 aromatic carbocycles. The van der Waals surface area contributed by atoms with E-state index in [4.69, 9.17) is 16.3 Å². The van der Waals surface area contributed by atoms with Crippen LogP contribution in [0.4, 0.5) is 5.69 Å². The van der Waals surface area contributed by atoms with Gasteiger partial charge in [0.25, 0.3) is 0 Å². The molecular weight excluding hydrogens is 582 g/mol. The van der Waals surface area contributed by atoms with E-state index in [2.05, 4.69) is 61.3 Å². The lowest BCUT2D eigenvalue weighted by Crippen LogP contribution is -2.53. The van der Waals surface area contributed by atoms with Gasteiger partial charge < -0.3 is 20.1 Å². The minimum atomic E-state index is -1.02. The average Bonchev–Trinajstić information content (AvgIpc) is 3.28. The summed E-state index contributed by atoms with van der Waals surface area (Å²) in [6.45, 7) is 6.17. The van der Waals surface area contributed by atoms with Crippen LogP contribution in [0.5, 0.6) is 5.75 Å². The van der Waals surface area contributed by atoms with E-state index in [0.717, 1.165) is 50.1 Å². The third-order valence-electron chi connectivity index (χ3n) is 10.9. The zero-order chi connectivity index (χ0) is 31.8. The van der Waals surface area contributed by atoms with Gasteiger partial charge in [0.15, 0.2) is 0 Å². The zero-order valence-electron chi connectivity index (χ0n) is 27.2. The molecule has 6 nitrogen and oxygen atoms in total. The summed E-state index contributed by atoms with van der Waals surface area (Å²) in [4.78, 5) is 19.7. The fraction of sp³-hybridized carbons (Fsp3) is 0.526. The van der Waals surface area contributed by atoms with Crippen LogP contribution in [0.1, 0.15) is 92.7 Å². The fourth-order valence-corrected chi connectivity index (χ4v) is 8.80. The Balaban J connectivity index is 1.24. The second kappa shape index (κ2) is 13.0. The topological polar surface area (TPSA) is 74.7 Å². The Bertz CT molecular complexity index is 1530. The lowest BCUT2D eigenvalue weighted by atomic mass is 9.59. The summed E-state index contributed by atoms with van der Waals surface area (Å²) in [6, 6.07) is 16.5. The Hall–Kier alpha value is -3.09. The molecule has 6 rings (SSSR count). The molecule has 0 radical (unpaired) electrons. The number of aryl methyl sites for hydroxylation is 1. The fourth-order valence-electron chi connectivity index (χ4n) is 8.61. The van der Waals surface area contributed by atoms with Crippen LogP contribution in [0.2, 0.25) is 5.02 Å². The van der Waals surface area contributed by atoms with Gasteiger partial charge in [-0.3, -0.25) is 4.98 Å². The zero-order valence-corrected chi connectivity index (χ0v) is 28.0. The van der Waals surface area contributed by atoms with Crippen LogP contribution in [0.25, 0.3) is 0 Å². The van der Waals surface area contributed by atoms with Crippen LogP contribution in [-0.4, -0.2) is 47.2 Å². The van der Waals surface area contributed by atoms with Gasteiger partial charge in [0.05, 0.1) is 6.61 Å². The first-order valence-corrected chi connectivity index (χ1v) is 17.1. The van der Waals surface area contributed by atoms with Crippen molar-refractivity contribution in [3.63, 3.8) is 0 Å². The number of halogens is 1. The molecule has 3 aliphatic rings. The summed E-state index contributed by atoms with van der Waals surface area (Å²) in [5, 5.41) is 14.6. The van der Waals surface area contributed by atoms with Gasteiger partial charge in [-0.15, -0.1) is 0 Å². The number of benzene rings is 2. The summed E-state index contributed by atoms with van der Waals surface area (Å²) < 4.78 is 6.56. The largest absolute Gasteiger partial charge is 0.493 e. The first-order chi connectivity index (χ1) is 21.6. The van der Waals surface area contributed by atoms with Gasteiger partial charge in [-0.05, 0) is 136 Å². The number of carbonyl (C=O) groups is 1. The van der Waals surface area contributed by atoms with Gasteiger partial charge in [-0.2, -0.15) is 0 Å². The number of fused-ring (bicyclic) bond motifs is 3. The lowest BCUT2D eigenvalue weighted by Gasteiger charge is -2.47. The van der Waals surface area contributed by atoms with Gasteiger partial charge in [0.1, 0.15) is 11.3 Å². The number of anilines is 1. The predicted molar refractivity (Wildman–Crippen MR) is 181 cm³/mol. The molecule has 1 spiro atoms. The smallest absolute Gasteiger partial charge is 0.329 e. The molecule has 0 saturated heterocycles. The highest BCUT2D eigenvalue weighted by Crippen LogP contribution is 2.56. The van der Waals surface area contributed by atoms with Crippen molar-refractivity contribution in [3.05, 3.63) is 87.7 Å². The van der Waals surface area contributed by atoms with Gasteiger partial charge in [-0.1, -0.05) is 49.7 Å². The first-order valence-electron chi connectivity index (χ1n) is 16.7. The molecule has 1 unspecified atom stereocenters. The van der Waals surface area contributed by atoms with E-state index in [-0.39, 0.29) is 5.41 Å². The predicted octanol–water partition coefficient (Wildman–Crippen LogP) is 8.26. The Morgan fingerprint density at radius 2 is 1.96 bits per heavy atom. The molecule has 1 aromatic heterocycles. The molecule has 3 atom stereocenters. The molecule has 3 aliphatic carbocycles. The number of ether oxygens (including phenoxy) is 1. The number of carboxylic acids is 1. The third kappa shape index (κ3) is 6.46. The molecule has 240 valence electrons. The summed E-state index contributed by atoms with van der Waals surface area (Å²) in [5.41, 5.74) is 6.39. The van der Waals surface area contributed by atoms with Crippen molar-refractivity contribution in [1.29, 1.82) is 0 Å². The summed E-state index contributed by atoms with van der Waals surface area (Å²) in [6.07, 6.45) is 10.2. The van der Waals surface area contributed by atoms with E-state index < -0.39 is 11.5 Å². The van der Waals surface area contributed by atoms with Crippen molar-refractivity contribution >= 4 is 23.3 Å². The average molecular weight is 630 g/mol. The molecule has 1 saturated carbocycles. The summed E-state index contributed by atoms with van der Waals surface area (Å²) in [5.74, 6) is 1.50. The number of aliphatic carboxylic acids is 1. The lowest BCUT2D eigenvalue weighted by molar-refractivity contribution is -0.144. The number of nitrogens with one attached hydrogen (secondary N) is 1. The maximum Gasteiger partial charge on any atom is 0.329 e. The van der Waals surface area contributed by atoms with E-state index in [1.807, 2.05) is 36.5 Å². The maximum atomic E-state index is 12.9. The number of carboxylic acid groups (broad SMARTS) is 1. The van der Waals surface area contributed by atoms with Crippen LogP contribution >= 0.6 is 11.6 Å². The molecule has 0 amide bonds. The van der Waals surface area contributed by atoms with E-state index in [1.54, 1.807) is 0 Å². The molecule has 3 aromatic rings. The van der Waals surface area contributed by atoms with E-state index in [0.29, 0.717) is 42.2 Å². The number of rotatable bonds is 10. The monoisotopic (exact) mass is 629 g/mol. The minimum Gasteiger partial charge on any atom is -0.493 e. The summed E-state index contributed by atoms with van der Waals surface area (Å²) in [7, 11) is 4.22. The van der Waals surface area contributed by atoms with E-state index in [9.17, 15) is 9.90 Å². The molecule has 45 heavy (non-hydrogen) atoms. The number of hydrogen-bond donors (Lipinski definition) is 2. The van der Waals surface area contributed by atoms with Gasteiger partial charge in [0.2, 0.25) is 0 Å². The van der Waals surface area contributed by atoms with Crippen molar-refractivity contribution in [1.82, 2.24) is 9.88 Å². The molecular formula is C38H48ClN3O3. The van der Waals surface area contributed by atoms with Crippen LogP contribution in [0, 0.1) is 11.8 Å². The normalized spacial score (nSPS) is 26.4. The van der Waals surface area contributed by atoms with E-state index in [1.165, 1.54) is 40.8 Å². The number of nitrogens with zero attached hydrogens (tertiary/aromatic N) is 2. The van der Waals surface area contributed by atoms with Crippen molar-refractivity contribution in [2.75, 3.05) is 26.0 Å². The minimum absolute atomic E-state index is 0.0504. The van der Waals surface area contributed by atoms with Gasteiger partial charge in [-0.25, -0.2) is 4.79 Å². The highest BCUT2D eigenvalue weighted by Gasteiger charge is 2.54. The van der Waals surface area contributed by atoms with Crippen molar-refractivity contribution in [2.45, 2.75) is 95.1 Å². The molecule has 1 fully saturated rings. The molecule has 0 aliphatic heterocycles. The van der Waals surface area contributed by atoms with Crippen LogP contribution in [0.3, 0.4) is 0 Å². The van der Waals surface area contributed by atoms with Crippen molar-refractivity contribution in [3.8, 4) is 5.75 Å². The molecule has 7 heteroatoms. The number of aromatic nitrogens is 1. The van der Waals surface area contributed by atoms with E-state index >= 15 is 0 Å². The molecule has 2 N–H and O–H groups in total. The van der Waals surface area contributed by atoms with Crippen LogP contribution < -0.4 is 10.1 Å². The quantitative estimate of drug-likeness (QED) is 0.235. The Morgan fingerprint density at radius 3 is 2.69 bits per heavy atom. The summed E-state index contributed by atoms with van der Waals surface area (Å²) >= 11 is 6.26. The highest BCUT2D eigenvalue weighted by molar-refractivity contribution is 6.30. The van der Waals surface area contributed by atoms with Gasteiger partial charge >= 0.3 is 5.97 Å². The third-order valence-corrected chi connectivity index (χ3v) is 11.1. The Kier molecular flexibility index (Phi) is 9.18. The molecule has 1 heterocycles. The first kappa shape index (κ1) is 31.9. The Morgan fingerprint density at radius 1 is 1.16 bits per heavy atom. The maximum absolute atomic E-state index is 12.9. The van der Waals surface area contributed by atoms with Crippen LogP contribution in [0.15, 0.2) is 54.7 Å². The van der Waals surface area contributed by atoms with Gasteiger partial charge in [0, 0.05) is 34.7 Å². The SMILES string of the molecule is C[C@@H](COc1ccnc2c1[C@H](C)CCC2)CC1Cc2ccc(CN(C)C)cc2C12CCC(Nc1cccc(Cl)c1)(C(=O)O)CC2. The number of pyridine rings is 1.